The molecule has 6 heteroatoms. The number of benzene rings is 1. The quantitative estimate of drug-likeness (QED) is 0.593. The van der Waals surface area contributed by atoms with Gasteiger partial charge in [0.05, 0.1) is 12.6 Å². The van der Waals surface area contributed by atoms with Gasteiger partial charge in [0, 0.05) is 27.2 Å². The van der Waals surface area contributed by atoms with Crippen molar-refractivity contribution in [3.8, 4) is 0 Å². The molecule has 1 unspecified atom stereocenters. The van der Waals surface area contributed by atoms with E-state index in [2.05, 4.69) is 32.7 Å². The van der Waals surface area contributed by atoms with Crippen LogP contribution in [0.1, 0.15) is 25.3 Å². The first-order valence-corrected chi connectivity index (χ1v) is 8.53. The minimum atomic E-state index is -0.344. The molecule has 1 aromatic carbocycles. The van der Waals surface area contributed by atoms with E-state index in [1.807, 2.05) is 32.2 Å². The Balaban J connectivity index is 1.85. The maximum Gasteiger partial charge on any atom is 0.407 e. The maximum atomic E-state index is 11.7. The molecule has 1 aliphatic rings. The number of hydrogen-bond acceptors (Lipinski definition) is 3. The molecule has 1 fully saturated rings. The van der Waals surface area contributed by atoms with E-state index in [0.29, 0.717) is 19.1 Å². The van der Waals surface area contributed by atoms with E-state index < -0.39 is 0 Å². The van der Waals surface area contributed by atoms with Gasteiger partial charge in [0.2, 0.25) is 0 Å². The molecule has 0 bridgehead atoms. The molecule has 24 heavy (non-hydrogen) atoms. The van der Waals surface area contributed by atoms with Crippen LogP contribution in [0.15, 0.2) is 35.3 Å². The largest absolute Gasteiger partial charge is 0.450 e. The van der Waals surface area contributed by atoms with Gasteiger partial charge in [0.1, 0.15) is 0 Å². The van der Waals surface area contributed by atoms with Gasteiger partial charge in [-0.2, -0.15) is 0 Å². The second kappa shape index (κ2) is 9.15. The molecule has 1 aliphatic carbocycles. The van der Waals surface area contributed by atoms with Crippen molar-refractivity contribution in [3.63, 3.8) is 0 Å². The van der Waals surface area contributed by atoms with Gasteiger partial charge >= 0.3 is 6.09 Å². The number of guanidine groups is 1. The molecule has 6 nitrogen and oxygen atoms in total. The molecule has 1 amide bonds. The molecule has 0 saturated heterocycles. The molecule has 0 spiro atoms. The lowest BCUT2D eigenvalue weighted by Crippen LogP contribution is -2.48. The van der Waals surface area contributed by atoms with Crippen molar-refractivity contribution < 1.29 is 9.53 Å². The number of rotatable bonds is 7. The topological polar surface area (TPSA) is 66.0 Å². The van der Waals surface area contributed by atoms with Crippen molar-refractivity contribution in [1.29, 1.82) is 0 Å². The molecule has 0 aliphatic heterocycles. The van der Waals surface area contributed by atoms with Gasteiger partial charge in [-0.3, -0.25) is 4.99 Å². The van der Waals surface area contributed by atoms with E-state index >= 15 is 0 Å². The minimum absolute atomic E-state index is 0.0749. The van der Waals surface area contributed by atoms with E-state index in [4.69, 9.17) is 4.74 Å². The first-order valence-electron chi connectivity index (χ1n) is 8.53. The second-order valence-electron chi connectivity index (χ2n) is 6.08. The first-order chi connectivity index (χ1) is 11.6. The monoisotopic (exact) mass is 332 g/mol. The van der Waals surface area contributed by atoms with Crippen LogP contribution < -0.4 is 10.6 Å². The lowest BCUT2D eigenvalue weighted by atomic mass is 10.2. The van der Waals surface area contributed by atoms with Gasteiger partial charge in [-0.05, 0) is 31.2 Å². The fourth-order valence-electron chi connectivity index (χ4n) is 2.68. The SMILES string of the molecule is CCOC(=O)NC(CNC(=NC)N(C)Cc1ccccc1)C1CC1. The predicted octanol–water partition coefficient (Wildman–Crippen LogP) is 2.22. The summed E-state index contributed by atoms with van der Waals surface area (Å²) in [6.45, 7) is 3.62. The van der Waals surface area contributed by atoms with Crippen LogP contribution >= 0.6 is 0 Å². The zero-order valence-electron chi connectivity index (χ0n) is 14.8. The fourth-order valence-corrected chi connectivity index (χ4v) is 2.68. The van der Waals surface area contributed by atoms with Crippen molar-refractivity contribution in [3.05, 3.63) is 35.9 Å². The summed E-state index contributed by atoms with van der Waals surface area (Å²) in [5.74, 6) is 1.34. The zero-order chi connectivity index (χ0) is 17.4. The average Bonchev–Trinajstić information content (AvgIpc) is 3.40. The van der Waals surface area contributed by atoms with Gasteiger partial charge in [0.25, 0.3) is 0 Å². The second-order valence-corrected chi connectivity index (χ2v) is 6.08. The van der Waals surface area contributed by atoms with Gasteiger partial charge in [-0.1, -0.05) is 30.3 Å². The Kier molecular flexibility index (Phi) is 6.90. The Morgan fingerprint density at radius 3 is 2.67 bits per heavy atom. The molecular formula is C18H28N4O2. The number of aliphatic imine (C=N–C) groups is 1. The fraction of sp³-hybridized carbons (Fsp3) is 0.556. The first kappa shape index (κ1) is 18.1. The molecule has 1 atom stereocenters. The van der Waals surface area contributed by atoms with Crippen LogP contribution in [0.4, 0.5) is 4.79 Å². The number of ether oxygens (including phenoxy) is 1. The van der Waals surface area contributed by atoms with Gasteiger partial charge in [-0.15, -0.1) is 0 Å². The number of carbonyl (C=O) groups is 1. The van der Waals surface area contributed by atoms with Crippen molar-refractivity contribution in [1.82, 2.24) is 15.5 Å². The molecule has 0 radical (unpaired) electrons. The Morgan fingerprint density at radius 2 is 2.08 bits per heavy atom. The summed E-state index contributed by atoms with van der Waals surface area (Å²) in [4.78, 5) is 18.1. The van der Waals surface area contributed by atoms with E-state index in [1.165, 1.54) is 5.56 Å². The van der Waals surface area contributed by atoms with Crippen molar-refractivity contribution >= 4 is 12.1 Å². The highest BCUT2D eigenvalue weighted by Gasteiger charge is 2.32. The summed E-state index contributed by atoms with van der Waals surface area (Å²) in [5, 5.41) is 6.31. The Hall–Kier alpha value is -2.24. The van der Waals surface area contributed by atoms with Crippen LogP contribution in [-0.2, 0) is 11.3 Å². The van der Waals surface area contributed by atoms with Crippen LogP contribution in [0, 0.1) is 5.92 Å². The highest BCUT2D eigenvalue weighted by atomic mass is 16.5. The summed E-state index contributed by atoms with van der Waals surface area (Å²) in [6, 6.07) is 10.3. The molecule has 0 heterocycles. The van der Waals surface area contributed by atoms with E-state index in [1.54, 1.807) is 7.05 Å². The normalized spacial score (nSPS) is 15.5. The molecule has 2 rings (SSSR count). The predicted molar refractivity (Wildman–Crippen MR) is 95.9 cm³/mol. The molecule has 132 valence electrons. The van der Waals surface area contributed by atoms with Crippen LogP contribution in [0.25, 0.3) is 0 Å². The number of nitrogens with one attached hydrogen (secondary N) is 2. The number of carbonyl (C=O) groups excluding carboxylic acids is 1. The van der Waals surface area contributed by atoms with Gasteiger partial charge in [-0.25, -0.2) is 4.79 Å². The Bertz CT molecular complexity index is 543. The van der Waals surface area contributed by atoms with Crippen molar-refractivity contribution in [2.75, 3.05) is 27.2 Å². The zero-order valence-corrected chi connectivity index (χ0v) is 14.8. The summed E-state index contributed by atoms with van der Waals surface area (Å²) >= 11 is 0. The summed E-state index contributed by atoms with van der Waals surface area (Å²) < 4.78 is 4.99. The standard InChI is InChI=1S/C18H28N4O2/c1-4-24-18(23)21-16(15-10-11-15)12-20-17(19-2)22(3)13-14-8-6-5-7-9-14/h5-9,15-16H,4,10-13H2,1-3H3,(H,19,20)(H,21,23). The average molecular weight is 332 g/mol. The molecule has 1 aromatic rings. The molecule has 0 aromatic heterocycles. The van der Waals surface area contributed by atoms with E-state index in [0.717, 1.165) is 25.3 Å². The Labute approximate surface area is 144 Å². The van der Waals surface area contributed by atoms with E-state index in [-0.39, 0.29) is 12.1 Å². The highest BCUT2D eigenvalue weighted by Crippen LogP contribution is 2.32. The summed E-state index contributed by atoms with van der Waals surface area (Å²) in [5.41, 5.74) is 1.23. The number of nitrogens with zero attached hydrogens (tertiary/aromatic N) is 2. The third-order valence-electron chi connectivity index (χ3n) is 4.09. The third-order valence-corrected chi connectivity index (χ3v) is 4.09. The van der Waals surface area contributed by atoms with Crippen molar-refractivity contribution in [2.24, 2.45) is 10.9 Å². The number of alkyl carbamates (subject to hydrolysis) is 1. The molecule has 1 saturated carbocycles. The lowest BCUT2D eigenvalue weighted by molar-refractivity contribution is 0.146. The van der Waals surface area contributed by atoms with Crippen LogP contribution in [-0.4, -0.2) is 50.2 Å². The van der Waals surface area contributed by atoms with Crippen LogP contribution in [0.5, 0.6) is 0 Å². The van der Waals surface area contributed by atoms with Crippen LogP contribution in [0.3, 0.4) is 0 Å². The van der Waals surface area contributed by atoms with E-state index in [9.17, 15) is 4.79 Å². The summed E-state index contributed by atoms with van der Waals surface area (Å²) in [6.07, 6.45) is 1.96. The molecule has 2 N–H and O–H groups in total. The highest BCUT2D eigenvalue weighted by molar-refractivity contribution is 5.79. The minimum Gasteiger partial charge on any atom is -0.450 e. The third kappa shape index (κ3) is 5.76. The van der Waals surface area contributed by atoms with Gasteiger partial charge in [0.15, 0.2) is 5.96 Å². The van der Waals surface area contributed by atoms with Crippen molar-refractivity contribution in [2.45, 2.75) is 32.4 Å². The van der Waals surface area contributed by atoms with Gasteiger partial charge < -0.3 is 20.3 Å². The lowest BCUT2D eigenvalue weighted by Gasteiger charge is -2.25. The smallest absolute Gasteiger partial charge is 0.407 e. The molecular weight excluding hydrogens is 304 g/mol. The summed E-state index contributed by atoms with van der Waals surface area (Å²) in [7, 11) is 3.78. The Morgan fingerprint density at radius 1 is 1.38 bits per heavy atom. The van der Waals surface area contributed by atoms with Crippen LogP contribution in [0.2, 0.25) is 0 Å². The number of amides is 1. The maximum absolute atomic E-state index is 11.7. The number of hydrogen-bond donors (Lipinski definition) is 2.